The molecule has 11 heteroatoms. The third kappa shape index (κ3) is 7.37. The van der Waals surface area contributed by atoms with Crippen LogP contribution in [0.3, 0.4) is 0 Å². The van der Waals surface area contributed by atoms with E-state index in [1.165, 1.54) is 6.08 Å². The fourth-order valence-corrected chi connectivity index (χ4v) is 3.22. The van der Waals surface area contributed by atoms with E-state index >= 15 is 0 Å². The van der Waals surface area contributed by atoms with Crippen LogP contribution < -0.4 is 14.2 Å². The molecule has 0 N–H and O–H groups in total. The van der Waals surface area contributed by atoms with Gasteiger partial charge in [-0.15, -0.1) is 0 Å². The van der Waals surface area contributed by atoms with Crippen molar-refractivity contribution in [3.05, 3.63) is 62.4 Å². The van der Waals surface area contributed by atoms with Crippen LogP contribution in [0.2, 0.25) is 15.4 Å². The quantitative estimate of drug-likeness (QED) is 0.260. The number of nitrogens with zero attached hydrogens (tertiary/aromatic N) is 2. The van der Waals surface area contributed by atoms with E-state index < -0.39 is 0 Å². The Hall–Kier alpha value is -1.83. The summed E-state index contributed by atoms with van der Waals surface area (Å²) in [6.45, 7) is 0.995. The molecule has 1 aromatic heterocycles. The minimum atomic E-state index is -0.00825. The van der Waals surface area contributed by atoms with Gasteiger partial charge in [0.1, 0.15) is 22.6 Å². The van der Waals surface area contributed by atoms with E-state index in [2.05, 4.69) is 10.1 Å². The zero-order valence-electron chi connectivity index (χ0n) is 15.8. The average molecular weight is 525 g/mol. The van der Waals surface area contributed by atoms with Crippen LogP contribution >= 0.6 is 58.0 Å². The van der Waals surface area contributed by atoms with Crippen LogP contribution in [0.25, 0.3) is 11.4 Å². The molecule has 0 spiro atoms. The Kier molecular flexibility index (Phi) is 8.99. The van der Waals surface area contributed by atoms with Crippen molar-refractivity contribution in [2.24, 2.45) is 0 Å². The molecule has 0 aliphatic carbocycles. The summed E-state index contributed by atoms with van der Waals surface area (Å²) in [5.41, 5.74) is 0.768. The molecule has 0 amide bonds. The van der Waals surface area contributed by atoms with Crippen molar-refractivity contribution in [1.29, 1.82) is 0 Å². The first-order valence-corrected chi connectivity index (χ1v) is 10.8. The summed E-state index contributed by atoms with van der Waals surface area (Å²) >= 11 is 29.2. The lowest BCUT2D eigenvalue weighted by Crippen LogP contribution is -2.05. The molecule has 2 aromatic carbocycles. The molecule has 0 aliphatic heterocycles. The zero-order chi connectivity index (χ0) is 22.2. The maximum atomic E-state index is 6.24. The van der Waals surface area contributed by atoms with Crippen molar-refractivity contribution < 1.29 is 18.7 Å². The van der Waals surface area contributed by atoms with Crippen LogP contribution in [0.4, 0.5) is 0 Å². The molecule has 0 unspecified atom stereocenters. The minimum absolute atomic E-state index is 0.00825. The molecule has 0 aliphatic rings. The van der Waals surface area contributed by atoms with Gasteiger partial charge in [-0.05, 0) is 41.9 Å². The highest BCUT2D eigenvalue weighted by atomic mass is 35.5. The Morgan fingerprint density at radius 3 is 2.19 bits per heavy atom. The van der Waals surface area contributed by atoms with Crippen LogP contribution in [0.1, 0.15) is 6.42 Å². The van der Waals surface area contributed by atoms with E-state index in [1.807, 2.05) is 12.1 Å². The number of ether oxygens (including phenoxy) is 3. The predicted octanol–water partition coefficient (Wildman–Crippen LogP) is 7.24. The van der Waals surface area contributed by atoms with Gasteiger partial charge in [-0.25, -0.2) is 0 Å². The van der Waals surface area contributed by atoms with Crippen LogP contribution in [-0.4, -0.2) is 30.0 Å². The monoisotopic (exact) mass is 522 g/mol. The van der Waals surface area contributed by atoms with Crippen molar-refractivity contribution in [2.45, 2.75) is 6.42 Å². The molecule has 31 heavy (non-hydrogen) atoms. The summed E-state index contributed by atoms with van der Waals surface area (Å²) in [5.74, 6) is 1.96. The van der Waals surface area contributed by atoms with Gasteiger partial charge in [-0.3, -0.25) is 0 Å². The Morgan fingerprint density at radius 2 is 1.58 bits per heavy atom. The van der Waals surface area contributed by atoms with Gasteiger partial charge in [-0.2, -0.15) is 4.98 Å². The normalized spacial score (nSPS) is 10.6. The van der Waals surface area contributed by atoms with Gasteiger partial charge in [-0.1, -0.05) is 51.6 Å². The molecule has 0 saturated heterocycles. The van der Waals surface area contributed by atoms with Crippen LogP contribution in [0.5, 0.6) is 17.2 Å². The van der Waals surface area contributed by atoms with Gasteiger partial charge in [0.25, 0.3) is 0 Å². The first-order valence-electron chi connectivity index (χ1n) is 8.90. The third-order valence-electron chi connectivity index (χ3n) is 3.78. The lowest BCUT2D eigenvalue weighted by Gasteiger charge is -2.12. The second-order valence-electron chi connectivity index (χ2n) is 5.97. The van der Waals surface area contributed by atoms with E-state index in [0.717, 1.165) is 5.56 Å². The summed E-state index contributed by atoms with van der Waals surface area (Å²) in [6.07, 6.45) is 2.12. The lowest BCUT2D eigenvalue weighted by atomic mass is 10.2. The minimum Gasteiger partial charge on any atom is -0.493 e. The number of aromatic nitrogens is 2. The van der Waals surface area contributed by atoms with E-state index in [0.29, 0.717) is 52.8 Å². The van der Waals surface area contributed by atoms with Crippen LogP contribution in [0, 0.1) is 0 Å². The third-order valence-corrected chi connectivity index (χ3v) is 4.80. The summed E-state index contributed by atoms with van der Waals surface area (Å²) in [6, 6.07) is 10.4. The molecular formula is C20H15Cl5N2O4. The van der Waals surface area contributed by atoms with E-state index in [1.54, 1.807) is 24.3 Å². The molecular weight excluding hydrogens is 509 g/mol. The molecule has 0 bridgehead atoms. The SMILES string of the molecule is ClC(Cl)=CCOc1cc(Cl)c(OCCCOc2ccc(-c3noc(Cl)n3)cc2)c(Cl)c1. The largest absolute Gasteiger partial charge is 0.493 e. The van der Waals surface area contributed by atoms with Crippen LogP contribution in [-0.2, 0) is 0 Å². The Morgan fingerprint density at radius 1 is 0.903 bits per heavy atom. The molecule has 0 saturated carbocycles. The summed E-state index contributed by atoms with van der Waals surface area (Å²) in [4.78, 5) is 3.95. The molecule has 0 fully saturated rings. The molecule has 164 valence electrons. The van der Waals surface area contributed by atoms with E-state index in [9.17, 15) is 0 Å². The van der Waals surface area contributed by atoms with Crippen molar-refractivity contribution in [3.63, 3.8) is 0 Å². The van der Waals surface area contributed by atoms with Crippen LogP contribution in [0.15, 0.2) is 51.5 Å². The molecule has 6 nitrogen and oxygen atoms in total. The topological polar surface area (TPSA) is 66.6 Å². The fraction of sp³-hybridized carbons (Fsp3) is 0.200. The fourth-order valence-electron chi connectivity index (χ4n) is 2.40. The first kappa shape index (κ1) is 23.8. The van der Waals surface area contributed by atoms with Gasteiger partial charge < -0.3 is 18.7 Å². The maximum absolute atomic E-state index is 6.24. The Balaban J connectivity index is 1.43. The van der Waals surface area contributed by atoms with Gasteiger partial charge in [0.2, 0.25) is 5.82 Å². The molecule has 0 radical (unpaired) electrons. The highest BCUT2D eigenvalue weighted by Crippen LogP contribution is 2.37. The van der Waals surface area contributed by atoms with Crippen molar-refractivity contribution in [2.75, 3.05) is 19.8 Å². The van der Waals surface area contributed by atoms with Crippen molar-refractivity contribution in [3.8, 4) is 28.6 Å². The second kappa shape index (κ2) is 11.7. The van der Waals surface area contributed by atoms with E-state index in [-0.39, 0.29) is 16.4 Å². The predicted molar refractivity (Wildman–Crippen MR) is 122 cm³/mol. The number of hydrogen-bond acceptors (Lipinski definition) is 6. The van der Waals surface area contributed by atoms with Crippen molar-refractivity contribution >= 4 is 58.0 Å². The smallest absolute Gasteiger partial charge is 0.320 e. The Labute approximate surface area is 203 Å². The summed E-state index contributed by atoms with van der Waals surface area (Å²) < 4.78 is 21.7. The highest BCUT2D eigenvalue weighted by Gasteiger charge is 2.11. The van der Waals surface area contributed by atoms with Gasteiger partial charge >= 0.3 is 5.35 Å². The number of halogens is 5. The molecule has 3 aromatic rings. The highest BCUT2D eigenvalue weighted by molar-refractivity contribution is 6.55. The Bertz CT molecular complexity index is 1010. The van der Waals surface area contributed by atoms with Crippen molar-refractivity contribution in [1.82, 2.24) is 10.1 Å². The molecule has 0 atom stereocenters. The van der Waals surface area contributed by atoms with Gasteiger partial charge in [0, 0.05) is 24.1 Å². The standard InChI is InChI=1S/C20H15Cl5N2O4/c21-15-10-14(29-9-6-17(23)24)11-16(22)18(15)30-8-1-7-28-13-4-2-12(3-5-13)19-26-20(25)31-27-19/h2-6,10-11H,1,7-9H2. The maximum Gasteiger partial charge on any atom is 0.320 e. The number of hydrogen-bond donors (Lipinski definition) is 0. The number of benzene rings is 2. The summed E-state index contributed by atoms with van der Waals surface area (Å²) in [5, 5.41) is 4.42. The molecule has 1 heterocycles. The average Bonchev–Trinajstić information content (AvgIpc) is 3.16. The lowest BCUT2D eigenvalue weighted by molar-refractivity contribution is 0.247. The summed E-state index contributed by atoms with van der Waals surface area (Å²) in [7, 11) is 0. The van der Waals surface area contributed by atoms with Gasteiger partial charge in [0.15, 0.2) is 5.75 Å². The van der Waals surface area contributed by atoms with E-state index in [4.69, 9.17) is 76.7 Å². The zero-order valence-corrected chi connectivity index (χ0v) is 19.6. The molecule has 3 rings (SSSR count). The second-order valence-corrected chi connectivity index (χ2v) is 8.11. The van der Waals surface area contributed by atoms with Gasteiger partial charge in [0.05, 0.1) is 23.3 Å². The number of rotatable bonds is 10. The first-order chi connectivity index (χ1) is 14.9.